The average molecular weight is 316 g/mol. The van der Waals surface area contributed by atoms with Gasteiger partial charge in [-0.25, -0.2) is 0 Å². The minimum Gasteiger partial charge on any atom is -0.481 e. The maximum Gasteiger partial charge on any atom is 0.305 e. The van der Waals surface area contributed by atoms with E-state index < -0.39 is 5.97 Å². The molecule has 1 atom stereocenters. The Morgan fingerprint density at radius 2 is 2.29 bits per heavy atom. The van der Waals surface area contributed by atoms with E-state index in [1.165, 1.54) is 21.6 Å². The number of nitrogens with zero attached hydrogens (tertiary/aromatic N) is 2. The number of hydrogen-bond donors (Lipinski definition) is 1. The fourth-order valence-electron chi connectivity index (χ4n) is 2.39. The maximum atomic E-state index is 12.3. The first-order valence-corrected chi connectivity index (χ1v) is 8.18. The second-order valence-electron chi connectivity index (χ2n) is 5.19. The summed E-state index contributed by atoms with van der Waals surface area (Å²) in [5.41, 5.74) is 0. The van der Waals surface area contributed by atoms with E-state index in [4.69, 9.17) is 9.84 Å². The van der Waals surface area contributed by atoms with Gasteiger partial charge in [0.25, 0.3) is 0 Å². The van der Waals surface area contributed by atoms with E-state index in [1.807, 2.05) is 0 Å². The number of thioether (sulfide) groups is 1. The molecule has 2 heterocycles. The van der Waals surface area contributed by atoms with E-state index >= 15 is 0 Å². The molecule has 0 bridgehead atoms. The summed E-state index contributed by atoms with van der Waals surface area (Å²) < 4.78 is 5.51. The maximum absolute atomic E-state index is 12.3. The van der Waals surface area contributed by atoms with Gasteiger partial charge in [0.05, 0.1) is 24.2 Å². The molecule has 1 N–H and O–H groups in total. The number of carbonyl (C=O) groups is 3. The number of hydrogen-bond acceptors (Lipinski definition) is 5. The zero-order valence-corrected chi connectivity index (χ0v) is 12.6. The van der Waals surface area contributed by atoms with Crippen molar-refractivity contribution in [3.8, 4) is 0 Å². The van der Waals surface area contributed by atoms with E-state index in [0.29, 0.717) is 24.8 Å². The van der Waals surface area contributed by atoms with Gasteiger partial charge in [0.2, 0.25) is 11.8 Å². The summed E-state index contributed by atoms with van der Waals surface area (Å²) in [5, 5.41) is 8.79. The molecule has 2 aliphatic heterocycles. The SMILES string of the molecule is O=C(O)CCN(C[C@H]1CCCO1)C(=O)CN1CSCC1=O. The first-order chi connectivity index (χ1) is 10.1. The molecule has 2 aliphatic rings. The highest BCUT2D eigenvalue weighted by molar-refractivity contribution is 8.00. The molecular formula is C13H20N2O5S. The molecule has 118 valence electrons. The van der Waals surface area contributed by atoms with Crippen molar-refractivity contribution in [2.45, 2.75) is 25.4 Å². The largest absolute Gasteiger partial charge is 0.481 e. The molecule has 2 saturated heterocycles. The smallest absolute Gasteiger partial charge is 0.305 e. The number of carboxylic acids is 1. The lowest BCUT2D eigenvalue weighted by atomic mass is 10.2. The zero-order valence-electron chi connectivity index (χ0n) is 11.8. The number of carbonyl (C=O) groups excluding carboxylic acids is 2. The minimum absolute atomic E-state index is 0.0219. The summed E-state index contributed by atoms with van der Waals surface area (Å²) in [5.74, 6) is -0.245. The summed E-state index contributed by atoms with van der Waals surface area (Å²) in [4.78, 5) is 37.6. The molecule has 0 spiro atoms. The van der Waals surface area contributed by atoms with Gasteiger partial charge in [0, 0.05) is 19.7 Å². The number of aliphatic carboxylic acids is 1. The summed E-state index contributed by atoms with van der Waals surface area (Å²) in [6.07, 6.45) is 1.73. The van der Waals surface area contributed by atoms with Gasteiger partial charge in [-0.05, 0) is 12.8 Å². The van der Waals surface area contributed by atoms with E-state index in [9.17, 15) is 14.4 Å². The van der Waals surface area contributed by atoms with Crippen molar-refractivity contribution in [2.75, 3.05) is 37.9 Å². The van der Waals surface area contributed by atoms with Crippen LogP contribution in [0.15, 0.2) is 0 Å². The lowest BCUT2D eigenvalue weighted by Gasteiger charge is -2.27. The highest BCUT2D eigenvalue weighted by Gasteiger charge is 2.27. The zero-order chi connectivity index (χ0) is 15.2. The number of rotatable bonds is 7. The van der Waals surface area contributed by atoms with Crippen LogP contribution in [0, 0.1) is 0 Å². The lowest BCUT2D eigenvalue weighted by Crippen LogP contribution is -2.44. The van der Waals surface area contributed by atoms with E-state index in [0.717, 1.165) is 12.8 Å². The average Bonchev–Trinajstić information content (AvgIpc) is 3.07. The molecule has 0 aliphatic carbocycles. The molecule has 0 aromatic rings. The van der Waals surface area contributed by atoms with E-state index in [2.05, 4.69) is 0 Å². The molecule has 0 radical (unpaired) electrons. The number of carboxylic acid groups (broad SMARTS) is 1. The summed E-state index contributed by atoms with van der Waals surface area (Å²) in [7, 11) is 0. The van der Waals surface area contributed by atoms with Gasteiger partial charge in [-0.1, -0.05) is 0 Å². The van der Waals surface area contributed by atoms with Gasteiger partial charge in [-0.3, -0.25) is 14.4 Å². The third-order valence-corrected chi connectivity index (χ3v) is 4.49. The monoisotopic (exact) mass is 316 g/mol. The van der Waals surface area contributed by atoms with Crippen molar-refractivity contribution in [3.63, 3.8) is 0 Å². The van der Waals surface area contributed by atoms with Crippen LogP contribution in [0.4, 0.5) is 0 Å². The fourth-order valence-corrected chi connectivity index (χ4v) is 3.29. The fraction of sp³-hybridized carbons (Fsp3) is 0.769. The summed E-state index contributed by atoms with van der Waals surface area (Å²) in [6, 6.07) is 0. The van der Waals surface area contributed by atoms with Crippen molar-refractivity contribution in [1.82, 2.24) is 9.80 Å². The molecule has 0 unspecified atom stereocenters. The van der Waals surface area contributed by atoms with Crippen LogP contribution < -0.4 is 0 Å². The van der Waals surface area contributed by atoms with Crippen molar-refractivity contribution in [1.29, 1.82) is 0 Å². The molecule has 2 amide bonds. The van der Waals surface area contributed by atoms with Gasteiger partial charge in [0.1, 0.15) is 6.54 Å². The highest BCUT2D eigenvalue weighted by atomic mass is 32.2. The highest BCUT2D eigenvalue weighted by Crippen LogP contribution is 2.16. The Balaban J connectivity index is 1.90. The molecule has 2 rings (SSSR count). The molecule has 0 aromatic heterocycles. The molecule has 2 fully saturated rings. The van der Waals surface area contributed by atoms with Gasteiger partial charge < -0.3 is 19.6 Å². The van der Waals surface area contributed by atoms with Crippen LogP contribution >= 0.6 is 11.8 Å². The standard InChI is InChI=1S/C13H20N2O5S/c16-11(7-15-9-21-8-12(15)17)14(4-3-13(18)19)6-10-2-1-5-20-10/h10H,1-9H2,(H,18,19)/t10-/m1/s1. The summed E-state index contributed by atoms with van der Waals surface area (Å²) in [6.45, 7) is 1.27. The molecular weight excluding hydrogens is 296 g/mol. The van der Waals surface area contributed by atoms with Gasteiger partial charge in [-0.2, -0.15) is 0 Å². The Labute approximate surface area is 127 Å². The van der Waals surface area contributed by atoms with Crippen molar-refractivity contribution >= 4 is 29.5 Å². The minimum atomic E-state index is -0.937. The predicted molar refractivity (Wildman–Crippen MR) is 76.8 cm³/mol. The van der Waals surface area contributed by atoms with Crippen LogP contribution in [-0.2, 0) is 19.1 Å². The van der Waals surface area contributed by atoms with Crippen LogP contribution in [-0.4, -0.2) is 76.7 Å². The van der Waals surface area contributed by atoms with E-state index in [1.54, 1.807) is 0 Å². The normalized spacial score (nSPS) is 21.8. The Bertz CT molecular complexity index is 411. The van der Waals surface area contributed by atoms with Crippen molar-refractivity contribution in [3.05, 3.63) is 0 Å². The first-order valence-electron chi connectivity index (χ1n) is 7.03. The van der Waals surface area contributed by atoms with Crippen molar-refractivity contribution in [2.24, 2.45) is 0 Å². The first kappa shape index (κ1) is 16.1. The molecule has 8 heteroatoms. The van der Waals surface area contributed by atoms with Gasteiger partial charge in [-0.15, -0.1) is 11.8 Å². The van der Waals surface area contributed by atoms with Crippen LogP contribution in [0.5, 0.6) is 0 Å². The second kappa shape index (κ2) is 7.65. The topological polar surface area (TPSA) is 87.2 Å². The quantitative estimate of drug-likeness (QED) is 0.711. The van der Waals surface area contributed by atoms with Gasteiger partial charge >= 0.3 is 5.97 Å². The third-order valence-electron chi connectivity index (χ3n) is 3.55. The van der Waals surface area contributed by atoms with Crippen LogP contribution in [0.1, 0.15) is 19.3 Å². The summed E-state index contributed by atoms with van der Waals surface area (Å²) >= 11 is 1.48. The molecule has 0 aromatic carbocycles. The Morgan fingerprint density at radius 1 is 1.48 bits per heavy atom. The van der Waals surface area contributed by atoms with Crippen LogP contribution in [0.2, 0.25) is 0 Å². The predicted octanol–water partition coefficient (Wildman–Crippen LogP) is 0.00160. The Kier molecular flexibility index (Phi) is 5.86. The molecule has 0 saturated carbocycles. The van der Waals surface area contributed by atoms with Gasteiger partial charge in [0.15, 0.2) is 0 Å². The van der Waals surface area contributed by atoms with Crippen molar-refractivity contribution < 1.29 is 24.2 Å². The Morgan fingerprint density at radius 3 is 2.86 bits per heavy atom. The van der Waals surface area contributed by atoms with Crippen LogP contribution in [0.3, 0.4) is 0 Å². The van der Waals surface area contributed by atoms with E-state index in [-0.39, 0.29) is 37.4 Å². The molecule has 21 heavy (non-hydrogen) atoms. The Hall–Kier alpha value is -1.28. The molecule has 7 nitrogen and oxygen atoms in total. The number of ether oxygens (including phenoxy) is 1. The van der Waals surface area contributed by atoms with Crippen LogP contribution in [0.25, 0.3) is 0 Å². The third kappa shape index (κ3) is 4.89. The number of amides is 2. The lowest BCUT2D eigenvalue weighted by molar-refractivity contribution is -0.141. The second-order valence-corrected chi connectivity index (χ2v) is 6.14.